The average Bonchev–Trinajstić information content (AvgIpc) is 2.49. The highest BCUT2D eigenvalue weighted by atomic mass is 19.3. The fraction of sp³-hybridized carbons (Fsp3) is 0.353. The monoisotopic (exact) mass is 289 g/mol. The Morgan fingerprint density at radius 2 is 1.57 bits per heavy atom. The molecule has 110 valence electrons. The molecule has 0 spiro atoms. The van der Waals surface area contributed by atoms with Crippen LogP contribution >= 0.6 is 0 Å². The lowest BCUT2D eigenvalue weighted by atomic mass is 10.1. The second-order valence-electron chi connectivity index (χ2n) is 5.56. The van der Waals surface area contributed by atoms with E-state index < -0.39 is 5.92 Å². The Kier molecular flexibility index (Phi) is 3.86. The van der Waals surface area contributed by atoms with E-state index in [1.54, 1.807) is 0 Å². The fourth-order valence-corrected chi connectivity index (χ4v) is 2.65. The van der Waals surface area contributed by atoms with Crippen LogP contribution in [0.4, 0.5) is 14.5 Å². The highest BCUT2D eigenvalue weighted by molar-refractivity contribution is 5.44. The van der Waals surface area contributed by atoms with Crippen molar-refractivity contribution in [2.75, 3.05) is 18.0 Å². The van der Waals surface area contributed by atoms with Crippen LogP contribution in [0, 0.1) is 0 Å². The number of piperidine rings is 1. The number of alkyl halides is 2. The molecule has 4 heteroatoms. The zero-order valence-electron chi connectivity index (χ0n) is 11.9. The lowest BCUT2D eigenvalue weighted by Gasteiger charge is -2.33. The predicted molar refractivity (Wildman–Crippen MR) is 78.6 cm³/mol. The molecule has 0 radical (unpaired) electrons. The summed E-state index contributed by atoms with van der Waals surface area (Å²) in [4.78, 5) is 2.03. The molecule has 0 saturated carbocycles. The first-order valence-electron chi connectivity index (χ1n) is 7.28. The minimum atomic E-state index is -2.49. The largest absolute Gasteiger partial charge is 0.371 e. The Hall–Kier alpha value is -1.97. The van der Waals surface area contributed by atoms with Gasteiger partial charge in [0.15, 0.2) is 18.9 Å². The van der Waals surface area contributed by atoms with Gasteiger partial charge in [0.25, 0.3) is 5.92 Å². The molecule has 0 bridgehead atoms. The molecule has 2 aromatic rings. The van der Waals surface area contributed by atoms with Crippen LogP contribution in [0.2, 0.25) is 0 Å². The van der Waals surface area contributed by atoms with E-state index in [9.17, 15) is 8.78 Å². The number of nitrogens with zero attached hydrogens (tertiary/aromatic N) is 2. The van der Waals surface area contributed by atoms with E-state index >= 15 is 0 Å². The third-order valence-corrected chi connectivity index (χ3v) is 3.94. The first-order chi connectivity index (χ1) is 10.1. The van der Waals surface area contributed by atoms with Gasteiger partial charge in [-0.2, -0.15) is 0 Å². The van der Waals surface area contributed by atoms with Gasteiger partial charge in [0.2, 0.25) is 0 Å². The van der Waals surface area contributed by atoms with Gasteiger partial charge in [0, 0.05) is 49.3 Å². The summed E-state index contributed by atoms with van der Waals surface area (Å²) in [5.74, 6) is -2.49. The molecule has 1 aliphatic heterocycles. The molecule has 0 amide bonds. The van der Waals surface area contributed by atoms with Crippen molar-refractivity contribution < 1.29 is 13.3 Å². The van der Waals surface area contributed by atoms with E-state index in [1.165, 1.54) is 5.56 Å². The lowest BCUT2D eigenvalue weighted by Crippen LogP contribution is -2.40. The summed E-state index contributed by atoms with van der Waals surface area (Å²) in [5.41, 5.74) is 2.27. The third kappa shape index (κ3) is 3.57. The average molecular weight is 289 g/mol. The highest BCUT2D eigenvalue weighted by Gasteiger charge is 2.34. The molecule has 1 saturated heterocycles. The number of hydrogen-bond acceptors (Lipinski definition) is 1. The SMILES string of the molecule is FC1(F)CCN(c2cc[n+](Cc3ccccc3)cc2)CC1. The minimum Gasteiger partial charge on any atom is -0.371 e. The van der Waals surface area contributed by atoms with E-state index in [1.807, 2.05) is 47.6 Å². The van der Waals surface area contributed by atoms with Gasteiger partial charge < -0.3 is 4.90 Å². The van der Waals surface area contributed by atoms with Crippen molar-refractivity contribution in [1.29, 1.82) is 0 Å². The molecule has 0 N–H and O–H groups in total. The van der Waals surface area contributed by atoms with Crippen LogP contribution in [-0.4, -0.2) is 19.0 Å². The van der Waals surface area contributed by atoms with Crippen LogP contribution in [0.1, 0.15) is 18.4 Å². The van der Waals surface area contributed by atoms with E-state index in [4.69, 9.17) is 0 Å². The van der Waals surface area contributed by atoms with Gasteiger partial charge in [-0.05, 0) is 0 Å². The zero-order valence-corrected chi connectivity index (χ0v) is 11.9. The summed E-state index contributed by atoms with van der Waals surface area (Å²) < 4.78 is 28.4. The quantitative estimate of drug-likeness (QED) is 0.787. The van der Waals surface area contributed by atoms with Gasteiger partial charge in [0.1, 0.15) is 0 Å². The summed E-state index contributed by atoms with van der Waals surface area (Å²) in [7, 11) is 0. The summed E-state index contributed by atoms with van der Waals surface area (Å²) in [5, 5.41) is 0. The standard InChI is InChI=1S/C17H19F2N2/c18-17(19)8-12-21(13-9-17)16-6-10-20(11-7-16)14-15-4-2-1-3-5-15/h1-7,10-11H,8-9,12-14H2/q+1. The van der Waals surface area contributed by atoms with Crippen LogP contribution in [-0.2, 0) is 6.54 Å². The van der Waals surface area contributed by atoms with Crippen LogP contribution in [0.3, 0.4) is 0 Å². The van der Waals surface area contributed by atoms with E-state index in [2.05, 4.69) is 16.7 Å². The summed E-state index contributed by atoms with van der Waals surface area (Å²) in [6, 6.07) is 14.2. The molecule has 0 unspecified atom stereocenters. The topological polar surface area (TPSA) is 7.12 Å². The Morgan fingerprint density at radius 1 is 0.952 bits per heavy atom. The number of pyridine rings is 1. The van der Waals surface area contributed by atoms with Crippen molar-refractivity contribution in [3.05, 3.63) is 60.4 Å². The van der Waals surface area contributed by atoms with Crippen molar-refractivity contribution >= 4 is 5.69 Å². The fourth-order valence-electron chi connectivity index (χ4n) is 2.65. The molecular weight excluding hydrogens is 270 g/mol. The van der Waals surface area contributed by atoms with Crippen LogP contribution in [0.15, 0.2) is 54.9 Å². The summed E-state index contributed by atoms with van der Waals surface area (Å²) >= 11 is 0. The Bertz CT molecular complexity index is 571. The third-order valence-electron chi connectivity index (χ3n) is 3.94. The number of benzene rings is 1. The molecule has 1 aromatic carbocycles. The van der Waals surface area contributed by atoms with Crippen LogP contribution in [0.5, 0.6) is 0 Å². The number of halogens is 2. The van der Waals surface area contributed by atoms with Gasteiger partial charge in [-0.3, -0.25) is 0 Å². The van der Waals surface area contributed by atoms with E-state index in [-0.39, 0.29) is 12.8 Å². The second-order valence-corrected chi connectivity index (χ2v) is 5.56. The molecule has 2 nitrogen and oxygen atoms in total. The molecule has 1 aliphatic rings. The Balaban J connectivity index is 1.65. The molecular formula is C17H19F2N2+. The molecule has 0 aliphatic carbocycles. The number of anilines is 1. The smallest absolute Gasteiger partial charge is 0.251 e. The van der Waals surface area contributed by atoms with Crippen molar-refractivity contribution in [2.24, 2.45) is 0 Å². The normalized spacial score (nSPS) is 17.7. The maximum Gasteiger partial charge on any atom is 0.251 e. The predicted octanol–water partition coefficient (Wildman–Crippen LogP) is 3.26. The molecule has 21 heavy (non-hydrogen) atoms. The minimum absolute atomic E-state index is 0.0497. The summed E-state index contributed by atoms with van der Waals surface area (Å²) in [6.45, 7) is 1.67. The molecule has 1 aromatic heterocycles. The zero-order chi connectivity index (χ0) is 14.7. The van der Waals surface area contributed by atoms with Crippen molar-refractivity contribution in [3.8, 4) is 0 Å². The van der Waals surface area contributed by atoms with Crippen LogP contribution < -0.4 is 9.47 Å². The number of hydrogen-bond donors (Lipinski definition) is 0. The van der Waals surface area contributed by atoms with E-state index in [0.717, 1.165) is 12.2 Å². The van der Waals surface area contributed by atoms with Crippen molar-refractivity contribution in [1.82, 2.24) is 0 Å². The van der Waals surface area contributed by atoms with E-state index in [0.29, 0.717) is 13.1 Å². The maximum atomic E-state index is 13.2. The molecule has 0 atom stereocenters. The molecule has 3 rings (SSSR count). The molecule has 1 fully saturated rings. The Morgan fingerprint density at radius 3 is 2.19 bits per heavy atom. The van der Waals surface area contributed by atoms with Crippen molar-refractivity contribution in [3.63, 3.8) is 0 Å². The molecule has 2 heterocycles. The van der Waals surface area contributed by atoms with Crippen LogP contribution in [0.25, 0.3) is 0 Å². The van der Waals surface area contributed by atoms with Gasteiger partial charge in [0.05, 0.1) is 0 Å². The number of rotatable bonds is 3. The van der Waals surface area contributed by atoms with Gasteiger partial charge in [-0.25, -0.2) is 13.3 Å². The van der Waals surface area contributed by atoms with Gasteiger partial charge in [-0.15, -0.1) is 0 Å². The van der Waals surface area contributed by atoms with Gasteiger partial charge >= 0.3 is 0 Å². The first kappa shape index (κ1) is 14.0. The van der Waals surface area contributed by atoms with Crippen molar-refractivity contribution in [2.45, 2.75) is 25.3 Å². The van der Waals surface area contributed by atoms with Gasteiger partial charge in [-0.1, -0.05) is 30.3 Å². The lowest BCUT2D eigenvalue weighted by molar-refractivity contribution is -0.688. The summed E-state index contributed by atoms with van der Waals surface area (Å²) in [6.07, 6.45) is 3.92. The Labute approximate surface area is 123 Å². The second kappa shape index (κ2) is 5.80. The highest BCUT2D eigenvalue weighted by Crippen LogP contribution is 2.29. The maximum absolute atomic E-state index is 13.2. The number of aromatic nitrogens is 1. The first-order valence-corrected chi connectivity index (χ1v) is 7.28.